The minimum absolute atomic E-state index is 0.733. The number of benzene rings is 1. The molecule has 3 nitrogen and oxygen atoms in total. The average Bonchev–Trinajstić information content (AvgIpc) is 3.32. The number of nitrogens with zero attached hydrogens (tertiary/aromatic N) is 1. The Bertz CT molecular complexity index is 626. The summed E-state index contributed by atoms with van der Waals surface area (Å²) in [6.45, 7) is 3.04. The average molecular weight is 300 g/mol. The van der Waals surface area contributed by atoms with E-state index in [0.717, 1.165) is 28.3 Å². The summed E-state index contributed by atoms with van der Waals surface area (Å²) in [5.74, 6) is 0.878. The van der Waals surface area contributed by atoms with Crippen molar-refractivity contribution >= 4 is 11.8 Å². The van der Waals surface area contributed by atoms with E-state index in [-0.39, 0.29) is 0 Å². The lowest BCUT2D eigenvalue weighted by Crippen LogP contribution is -2.15. The van der Waals surface area contributed by atoms with Crippen LogP contribution in [0.4, 0.5) is 0 Å². The van der Waals surface area contributed by atoms with Crippen LogP contribution in [0, 0.1) is 6.92 Å². The first-order valence-electron chi connectivity index (χ1n) is 7.25. The maximum absolute atomic E-state index is 5.26. The second kappa shape index (κ2) is 6.50. The molecule has 1 aliphatic carbocycles. The molecule has 0 spiro atoms. The summed E-state index contributed by atoms with van der Waals surface area (Å²) < 4.78 is 5.26. The molecular weight excluding hydrogens is 280 g/mol. The van der Waals surface area contributed by atoms with Crippen molar-refractivity contribution in [2.45, 2.75) is 42.3 Å². The summed E-state index contributed by atoms with van der Waals surface area (Å²) in [6.07, 6.45) is 4.61. The van der Waals surface area contributed by atoms with E-state index in [1.165, 1.54) is 24.0 Å². The first-order chi connectivity index (χ1) is 10.2. The Balaban J connectivity index is 1.69. The van der Waals surface area contributed by atoms with Gasteiger partial charge >= 0.3 is 0 Å². The molecule has 110 valence electrons. The van der Waals surface area contributed by atoms with Gasteiger partial charge in [-0.3, -0.25) is 0 Å². The lowest BCUT2D eigenvalue weighted by atomic mass is 10.2. The Kier molecular flexibility index (Phi) is 4.46. The monoisotopic (exact) mass is 300 g/mol. The number of methoxy groups -OCH3 is 1. The lowest BCUT2D eigenvalue weighted by Gasteiger charge is -2.09. The van der Waals surface area contributed by atoms with Gasteiger partial charge < -0.3 is 10.1 Å². The molecule has 21 heavy (non-hydrogen) atoms. The van der Waals surface area contributed by atoms with E-state index >= 15 is 0 Å². The van der Waals surface area contributed by atoms with Crippen LogP contribution >= 0.6 is 11.8 Å². The van der Waals surface area contributed by atoms with E-state index in [4.69, 9.17) is 4.74 Å². The number of ether oxygens (including phenoxy) is 1. The highest BCUT2D eigenvalue weighted by Gasteiger charge is 2.20. The minimum Gasteiger partial charge on any atom is -0.497 e. The highest BCUT2D eigenvalue weighted by molar-refractivity contribution is 7.99. The molecule has 1 fully saturated rings. The van der Waals surface area contributed by atoms with Crippen molar-refractivity contribution in [3.63, 3.8) is 0 Å². The molecule has 0 bridgehead atoms. The Morgan fingerprint density at radius 3 is 2.90 bits per heavy atom. The van der Waals surface area contributed by atoms with Crippen molar-refractivity contribution in [2.75, 3.05) is 7.11 Å². The van der Waals surface area contributed by atoms with Crippen LogP contribution in [0.1, 0.15) is 24.0 Å². The van der Waals surface area contributed by atoms with Crippen molar-refractivity contribution in [3.05, 3.63) is 47.7 Å². The van der Waals surface area contributed by atoms with Crippen molar-refractivity contribution in [2.24, 2.45) is 0 Å². The van der Waals surface area contributed by atoms with Gasteiger partial charge in [-0.15, -0.1) is 0 Å². The molecule has 1 saturated carbocycles. The molecule has 1 aromatic carbocycles. The number of hydrogen-bond acceptors (Lipinski definition) is 4. The Morgan fingerprint density at radius 2 is 2.19 bits per heavy atom. The van der Waals surface area contributed by atoms with Gasteiger partial charge in [0.15, 0.2) is 0 Å². The lowest BCUT2D eigenvalue weighted by molar-refractivity contribution is 0.413. The van der Waals surface area contributed by atoms with E-state index in [1.54, 1.807) is 18.9 Å². The zero-order valence-corrected chi connectivity index (χ0v) is 13.2. The summed E-state index contributed by atoms with van der Waals surface area (Å²) in [6, 6.07) is 11.0. The molecule has 1 heterocycles. The largest absolute Gasteiger partial charge is 0.497 e. The second-order valence-corrected chi connectivity index (χ2v) is 6.46. The topological polar surface area (TPSA) is 34.1 Å². The van der Waals surface area contributed by atoms with Gasteiger partial charge in [0.1, 0.15) is 10.8 Å². The van der Waals surface area contributed by atoms with E-state index in [0.29, 0.717) is 0 Å². The van der Waals surface area contributed by atoms with Crippen molar-refractivity contribution in [1.82, 2.24) is 10.3 Å². The Morgan fingerprint density at radius 1 is 1.33 bits per heavy atom. The van der Waals surface area contributed by atoms with Crippen molar-refractivity contribution in [1.29, 1.82) is 0 Å². The van der Waals surface area contributed by atoms with Crippen LogP contribution in [0.5, 0.6) is 5.75 Å². The number of aryl methyl sites for hydroxylation is 1. The third-order valence-electron chi connectivity index (χ3n) is 3.51. The smallest absolute Gasteiger partial charge is 0.119 e. The van der Waals surface area contributed by atoms with Crippen molar-refractivity contribution < 1.29 is 4.74 Å². The molecule has 1 N–H and O–H groups in total. The van der Waals surface area contributed by atoms with E-state index < -0.39 is 0 Å². The third-order valence-corrected chi connectivity index (χ3v) is 4.63. The normalized spacial score (nSPS) is 14.2. The van der Waals surface area contributed by atoms with E-state index in [2.05, 4.69) is 29.4 Å². The molecule has 4 heteroatoms. The minimum atomic E-state index is 0.733. The number of rotatable bonds is 6. The predicted molar refractivity (Wildman–Crippen MR) is 86.0 cm³/mol. The molecule has 1 aromatic heterocycles. The van der Waals surface area contributed by atoms with Gasteiger partial charge in [0.25, 0.3) is 0 Å². The maximum atomic E-state index is 5.26. The first-order valence-corrected chi connectivity index (χ1v) is 8.07. The molecule has 0 radical (unpaired) electrons. The fraction of sp³-hybridized carbons (Fsp3) is 0.353. The summed E-state index contributed by atoms with van der Waals surface area (Å²) in [7, 11) is 1.69. The van der Waals surface area contributed by atoms with Gasteiger partial charge in [-0.1, -0.05) is 23.9 Å². The fourth-order valence-corrected chi connectivity index (χ4v) is 3.02. The van der Waals surface area contributed by atoms with Crippen LogP contribution in [0.2, 0.25) is 0 Å². The van der Waals surface area contributed by atoms with Gasteiger partial charge in [-0.2, -0.15) is 0 Å². The third kappa shape index (κ3) is 3.99. The van der Waals surface area contributed by atoms with Crippen LogP contribution in [-0.4, -0.2) is 18.1 Å². The highest BCUT2D eigenvalue weighted by Crippen LogP contribution is 2.31. The molecule has 1 aliphatic rings. The van der Waals surface area contributed by atoms with Crippen LogP contribution in [0.15, 0.2) is 46.5 Å². The molecule has 0 unspecified atom stereocenters. The van der Waals surface area contributed by atoms with Crippen LogP contribution in [0.25, 0.3) is 0 Å². The first kappa shape index (κ1) is 14.4. The SMILES string of the molecule is COc1cccc(Sc2ncc(CNC3CC3)cc2C)c1. The Hall–Kier alpha value is -1.52. The van der Waals surface area contributed by atoms with Gasteiger partial charge in [0, 0.05) is 23.7 Å². The van der Waals surface area contributed by atoms with Gasteiger partial charge in [-0.25, -0.2) is 4.98 Å². The highest BCUT2D eigenvalue weighted by atomic mass is 32.2. The number of aromatic nitrogens is 1. The maximum Gasteiger partial charge on any atom is 0.119 e. The zero-order valence-electron chi connectivity index (χ0n) is 12.4. The standard InChI is InChI=1S/C17H20N2OS/c1-12-8-13(10-18-14-6-7-14)11-19-17(12)21-16-5-3-4-15(9-16)20-2/h3-5,8-9,11,14,18H,6-7,10H2,1-2H3. The summed E-state index contributed by atoms with van der Waals surface area (Å²) in [5.41, 5.74) is 2.48. The quantitative estimate of drug-likeness (QED) is 0.880. The van der Waals surface area contributed by atoms with Gasteiger partial charge in [0.2, 0.25) is 0 Å². The van der Waals surface area contributed by atoms with Gasteiger partial charge in [0.05, 0.1) is 7.11 Å². The molecule has 0 aliphatic heterocycles. The summed E-state index contributed by atoms with van der Waals surface area (Å²) in [5, 5.41) is 4.58. The molecule has 2 aromatic rings. The second-order valence-electron chi connectivity index (χ2n) is 5.40. The van der Waals surface area contributed by atoms with Crippen LogP contribution in [0.3, 0.4) is 0 Å². The fourth-order valence-electron chi connectivity index (χ4n) is 2.15. The molecule has 0 saturated heterocycles. The Labute approximate surface area is 130 Å². The number of hydrogen-bond donors (Lipinski definition) is 1. The number of nitrogens with one attached hydrogen (secondary N) is 1. The summed E-state index contributed by atoms with van der Waals surface area (Å²) in [4.78, 5) is 5.76. The van der Waals surface area contributed by atoms with E-state index in [1.807, 2.05) is 24.4 Å². The van der Waals surface area contributed by atoms with Crippen LogP contribution < -0.4 is 10.1 Å². The van der Waals surface area contributed by atoms with E-state index in [9.17, 15) is 0 Å². The van der Waals surface area contributed by atoms with Crippen LogP contribution in [-0.2, 0) is 6.54 Å². The van der Waals surface area contributed by atoms with Gasteiger partial charge in [-0.05, 0) is 49.1 Å². The predicted octanol–water partition coefficient (Wildman–Crippen LogP) is 3.80. The molecule has 0 atom stereocenters. The summed E-state index contributed by atoms with van der Waals surface area (Å²) >= 11 is 1.68. The zero-order chi connectivity index (χ0) is 14.7. The molecule has 3 rings (SSSR count). The molecular formula is C17H20N2OS. The molecule has 0 amide bonds. The van der Waals surface area contributed by atoms with Crippen molar-refractivity contribution in [3.8, 4) is 5.75 Å². The number of pyridine rings is 1.